The molecule has 3 atom stereocenters. The summed E-state index contributed by atoms with van der Waals surface area (Å²) in [5.74, 6) is 0.615. The first-order valence-electron chi connectivity index (χ1n) is 9.36. The fraction of sp³-hybridized carbons (Fsp3) is 0.650. The molecule has 1 aromatic carbocycles. The maximum atomic E-state index is 12.9. The summed E-state index contributed by atoms with van der Waals surface area (Å²) in [4.78, 5) is 12.9. The number of hydrogen-bond acceptors (Lipinski definition) is 4. The van der Waals surface area contributed by atoms with Gasteiger partial charge in [0.05, 0.1) is 7.11 Å². The van der Waals surface area contributed by atoms with E-state index in [1.54, 1.807) is 6.07 Å². The van der Waals surface area contributed by atoms with E-state index in [1.165, 1.54) is 39.8 Å². The first kappa shape index (κ1) is 20.1. The number of rotatable bonds is 5. The van der Waals surface area contributed by atoms with Crippen molar-refractivity contribution in [1.29, 1.82) is 0 Å². The number of fused-ring (bicyclic) bond motifs is 2. The molecule has 0 spiro atoms. The first-order chi connectivity index (χ1) is 12.4. The van der Waals surface area contributed by atoms with Gasteiger partial charge in [0.25, 0.3) is 5.91 Å². The number of amides is 1. The molecule has 2 aliphatic carbocycles. The third kappa shape index (κ3) is 2.95. The third-order valence-corrected chi connectivity index (χ3v) is 9.12. The van der Waals surface area contributed by atoms with Crippen LogP contribution in [0, 0.1) is 16.7 Å². The highest BCUT2D eigenvalue weighted by atomic mass is 32.2. The minimum absolute atomic E-state index is 0.00198. The minimum atomic E-state index is -3.71. The van der Waals surface area contributed by atoms with Crippen LogP contribution < -0.4 is 10.1 Å². The van der Waals surface area contributed by atoms with Crippen molar-refractivity contribution in [2.45, 2.75) is 51.0 Å². The Morgan fingerprint density at radius 1 is 1.26 bits per heavy atom. The molecule has 0 saturated heterocycles. The molecule has 1 aromatic rings. The van der Waals surface area contributed by atoms with E-state index in [0.29, 0.717) is 11.5 Å². The molecular weight excluding hydrogens is 364 g/mol. The van der Waals surface area contributed by atoms with E-state index in [9.17, 15) is 13.2 Å². The van der Waals surface area contributed by atoms with Gasteiger partial charge in [-0.3, -0.25) is 4.79 Å². The fourth-order valence-electron chi connectivity index (χ4n) is 4.88. The molecule has 150 valence electrons. The Bertz CT molecular complexity index is 863. The second kappa shape index (κ2) is 6.48. The van der Waals surface area contributed by atoms with E-state index < -0.39 is 10.0 Å². The SMILES string of the molecule is COc1ccc(C(=O)N[C@@H]2C[C@H]3CC[C@@]2(C)C3(C)C)cc1S(=O)(=O)N(C)C. The lowest BCUT2D eigenvalue weighted by molar-refractivity contribution is 0.0826. The summed E-state index contributed by atoms with van der Waals surface area (Å²) < 4.78 is 31.5. The molecule has 0 unspecified atom stereocenters. The average Bonchev–Trinajstić information content (AvgIpc) is 2.94. The summed E-state index contributed by atoms with van der Waals surface area (Å²) in [7, 11) is 0.621. The number of ether oxygens (including phenoxy) is 1. The molecule has 0 radical (unpaired) electrons. The van der Waals surface area contributed by atoms with Crippen molar-refractivity contribution in [2.24, 2.45) is 16.7 Å². The lowest BCUT2D eigenvalue weighted by Crippen LogP contribution is -2.46. The van der Waals surface area contributed by atoms with Crippen LogP contribution >= 0.6 is 0 Å². The Balaban J connectivity index is 1.89. The van der Waals surface area contributed by atoms with E-state index >= 15 is 0 Å². The van der Waals surface area contributed by atoms with Gasteiger partial charge in [0.1, 0.15) is 10.6 Å². The van der Waals surface area contributed by atoms with Crippen molar-refractivity contribution >= 4 is 15.9 Å². The number of sulfonamides is 1. The number of hydrogen-bond donors (Lipinski definition) is 1. The lowest BCUT2D eigenvalue weighted by Gasteiger charge is -2.39. The van der Waals surface area contributed by atoms with Gasteiger partial charge in [-0.2, -0.15) is 0 Å². The molecule has 6 nitrogen and oxygen atoms in total. The molecule has 27 heavy (non-hydrogen) atoms. The Kier molecular flexibility index (Phi) is 4.84. The quantitative estimate of drug-likeness (QED) is 0.833. The van der Waals surface area contributed by atoms with E-state index in [-0.39, 0.29) is 33.4 Å². The van der Waals surface area contributed by atoms with Gasteiger partial charge in [-0.15, -0.1) is 0 Å². The first-order valence-corrected chi connectivity index (χ1v) is 10.8. The molecule has 3 rings (SSSR count). The zero-order chi connectivity index (χ0) is 20.2. The summed E-state index contributed by atoms with van der Waals surface area (Å²) in [5.41, 5.74) is 0.600. The largest absolute Gasteiger partial charge is 0.495 e. The Morgan fingerprint density at radius 3 is 2.41 bits per heavy atom. The standard InChI is InChI=1S/C20H30N2O4S/c1-19(2)14-9-10-20(19,3)17(12-14)21-18(23)13-7-8-15(26-6)16(11-13)27(24,25)22(4)5/h7-8,11,14,17H,9-10,12H2,1-6H3,(H,21,23)/t14-,17-,20-/m1/s1. The predicted octanol–water partition coefficient (Wildman–Crippen LogP) is 2.89. The van der Waals surface area contributed by atoms with Gasteiger partial charge in [-0.1, -0.05) is 20.8 Å². The Hall–Kier alpha value is -1.60. The predicted molar refractivity (Wildman–Crippen MR) is 104 cm³/mol. The molecule has 7 heteroatoms. The summed E-state index contributed by atoms with van der Waals surface area (Å²) in [5, 5.41) is 3.18. The molecule has 1 N–H and O–H groups in total. The van der Waals surface area contributed by atoms with Gasteiger partial charge in [0.15, 0.2) is 0 Å². The smallest absolute Gasteiger partial charge is 0.251 e. The van der Waals surface area contributed by atoms with Crippen molar-refractivity contribution in [1.82, 2.24) is 9.62 Å². The molecule has 0 aromatic heterocycles. The molecule has 2 fully saturated rings. The normalized spacial score (nSPS) is 29.1. The van der Waals surface area contributed by atoms with Crippen molar-refractivity contribution in [3.63, 3.8) is 0 Å². The molecular formula is C20H30N2O4S. The zero-order valence-electron chi connectivity index (χ0n) is 17.0. The van der Waals surface area contributed by atoms with Crippen LogP contribution in [0.4, 0.5) is 0 Å². The van der Waals surface area contributed by atoms with E-state index in [0.717, 1.165) is 17.1 Å². The van der Waals surface area contributed by atoms with Crippen LogP contribution in [-0.2, 0) is 10.0 Å². The maximum absolute atomic E-state index is 12.9. The molecule has 2 saturated carbocycles. The summed E-state index contributed by atoms with van der Waals surface area (Å²) in [6.45, 7) is 6.86. The van der Waals surface area contributed by atoms with Gasteiger partial charge in [-0.05, 0) is 54.2 Å². The van der Waals surface area contributed by atoms with Crippen LogP contribution in [0.1, 0.15) is 50.4 Å². The van der Waals surface area contributed by atoms with Gasteiger partial charge in [-0.25, -0.2) is 12.7 Å². The third-order valence-electron chi connectivity index (χ3n) is 7.28. The molecule has 2 bridgehead atoms. The monoisotopic (exact) mass is 394 g/mol. The Morgan fingerprint density at radius 2 is 1.93 bits per heavy atom. The zero-order valence-corrected chi connectivity index (χ0v) is 17.8. The fourth-order valence-corrected chi connectivity index (χ4v) is 5.95. The summed E-state index contributed by atoms with van der Waals surface area (Å²) in [6.07, 6.45) is 3.30. The van der Waals surface area contributed by atoms with Gasteiger partial charge >= 0.3 is 0 Å². The van der Waals surface area contributed by atoms with Crippen molar-refractivity contribution in [3.05, 3.63) is 23.8 Å². The average molecular weight is 395 g/mol. The number of nitrogens with zero attached hydrogens (tertiary/aromatic N) is 1. The van der Waals surface area contributed by atoms with E-state index in [2.05, 4.69) is 26.1 Å². The van der Waals surface area contributed by atoms with Crippen molar-refractivity contribution in [2.75, 3.05) is 21.2 Å². The van der Waals surface area contributed by atoms with Crippen LogP contribution in [-0.4, -0.2) is 45.9 Å². The molecule has 2 aliphatic rings. The van der Waals surface area contributed by atoms with Crippen molar-refractivity contribution in [3.8, 4) is 5.75 Å². The highest BCUT2D eigenvalue weighted by Gasteiger charge is 2.61. The molecule has 1 amide bonds. The number of carbonyl (C=O) groups is 1. The number of nitrogens with one attached hydrogen (secondary N) is 1. The highest BCUT2D eigenvalue weighted by Crippen LogP contribution is 2.65. The topological polar surface area (TPSA) is 75.7 Å². The number of carbonyl (C=O) groups excluding carboxylic acids is 1. The lowest BCUT2D eigenvalue weighted by atomic mass is 9.69. The van der Waals surface area contributed by atoms with Crippen LogP contribution in [0.3, 0.4) is 0 Å². The van der Waals surface area contributed by atoms with E-state index in [4.69, 9.17) is 4.74 Å². The summed E-state index contributed by atoms with van der Waals surface area (Å²) in [6, 6.07) is 4.67. The van der Waals surface area contributed by atoms with Gasteiger partial charge < -0.3 is 10.1 Å². The van der Waals surface area contributed by atoms with Crippen LogP contribution in [0.15, 0.2) is 23.1 Å². The second-order valence-electron chi connectivity index (χ2n) is 8.79. The number of benzene rings is 1. The van der Waals surface area contributed by atoms with Crippen LogP contribution in [0.2, 0.25) is 0 Å². The Labute approximate surface area is 162 Å². The molecule has 0 aliphatic heterocycles. The molecule has 0 heterocycles. The van der Waals surface area contributed by atoms with Gasteiger partial charge in [0, 0.05) is 25.7 Å². The second-order valence-corrected chi connectivity index (χ2v) is 10.9. The van der Waals surface area contributed by atoms with Crippen LogP contribution in [0.25, 0.3) is 0 Å². The highest BCUT2D eigenvalue weighted by molar-refractivity contribution is 7.89. The van der Waals surface area contributed by atoms with Crippen molar-refractivity contribution < 1.29 is 17.9 Å². The van der Waals surface area contributed by atoms with Gasteiger partial charge in [0.2, 0.25) is 10.0 Å². The number of methoxy groups -OCH3 is 1. The minimum Gasteiger partial charge on any atom is -0.495 e. The summed E-state index contributed by atoms with van der Waals surface area (Å²) >= 11 is 0. The maximum Gasteiger partial charge on any atom is 0.251 e. The van der Waals surface area contributed by atoms with E-state index in [1.807, 2.05) is 0 Å². The van der Waals surface area contributed by atoms with Crippen LogP contribution in [0.5, 0.6) is 5.75 Å².